The molecule has 12 nitrogen and oxygen atoms in total. The molecule has 0 aromatic heterocycles. The first-order valence-corrected chi connectivity index (χ1v) is 16.7. The lowest BCUT2D eigenvalue weighted by atomic mass is 9.41. The molecule has 6 fully saturated rings. The van der Waals surface area contributed by atoms with Crippen LogP contribution in [0.15, 0.2) is 12.2 Å². The second kappa shape index (κ2) is 11.7. The third-order valence-electron chi connectivity index (χ3n) is 13.4. The van der Waals surface area contributed by atoms with Gasteiger partial charge in [0.1, 0.15) is 36.6 Å². The second-order valence-corrected chi connectivity index (χ2v) is 15.7. The van der Waals surface area contributed by atoms with Crippen molar-refractivity contribution in [2.45, 2.75) is 139 Å². The Hall–Kier alpha value is -1.19. The number of esters is 1. The topological polar surface area (TPSA) is 207 Å². The quantitative estimate of drug-likeness (QED) is 0.142. The molecule has 2 bridgehead atoms. The van der Waals surface area contributed by atoms with Crippen LogP contribution < -0.4 is 0 Å². The van der Waals surface area contributed by atoms with Crippen molar-refractivity contribution in [1.29, 1.82) is 0 Å². The van der Waals surface area contributed by atoms with Crippen LogP contribution in [0.4, 0.5) is 0 Å². The monoisotopic (exact) mass is 640 g/mol. The van der Waals surface area contributed by atoms with Crippen LogP contribution in [0.1, 0.15) is 78.1 Å². The summed E-state index contributed by atoms with van der Waals surface area (Å²) in [5, 5.41) is 81.9. The zero-order chi connectivity index (χ0) is 32.7. The molecule has 45 heavy (non-hydrogen) atoms. The fourth-order valence-corrected chi connectivity index (χ4v) is 11.0. The van der Waals surface area contributed by atoms with Gasteiger partial charge in [-0.05, 0) is 93.0 Å². The average molecular weight is 641 g/mol. The highest BCUT2D eigenvalue weighted by atomic mass is 16.7. The lowest BCUT2D eigenvalue weighted by molar-refractivity contribution is -0.298. The zero-order valence-corrected chi connectivity index (χ0v) is 26.3. The summed E-state index contributed by atoms with van der Waals surface area (Å²) in [7, 11) is 0. The number of fused-ring (bicyclic) bond motifs is 3. The molecule has 1 spiro atoms. The molecular weight excluding hydrogens is 588 g/mol. The SMILES string of the molecule is C=C1C[C@@]23CC[C@H]4[C@@](C)(CCC[C@@]4(C)C(=O)O[C@@H]4O[C@H](CO)[C@@H](O)[C@H](O)[C@H]4O)[C@@H]2CC[C@]1(O[C@@H]1C[C@H](CO)[C@@H](O)[C@H](O)[C@H]1O)C3. The van der Waals surface area contributed by atoms with Gasteiger partial charge in [0.05, 0.1) is 29.8 Å². The van der Waals surface area contributed by atoms with Crippen LogP contribution in [-0.2, 0) is 19.0 Å². The number of hydrogen-bond donors (Lipinski definition) is 8. The number of carbonyl (C=O) groups excluding carboxylic acids is 1. The minimum Gasteiger partial charge on any atom is -0.432 e. The van der Waals surface area contributed by atoms with Gasteiger partial charge >= 0.3 is 5.97 Å². The molecule has 1 saturated heterocycles. The van der Waals surface area contributed by atoms with Gasteiger partial charge < -0.3 is 55.1 Å². The Labute approximate surface area is 264 Å². The van der Waals surface area contributed by atoms with Crippen molar-refractivity contribution in [3.05, 3.63) is 12.2 Å². The number of carbonyl (C=O) groups is 1. The van der Waals surface area contributed by atoms with Crippen molar-refractivity contribution in [3.63, 3.8) is 0 Å². The zero-order valence-electron chi connectivity index (χ0n) is 26.3. The highest BCUT2D eigenvalue weighted by molar-refractivity contribution is 5.77. The molecule has 6 aliphatic rings. The van der Waals surface area contributed by atoms with E-state index < -0.39 is 84.6 Å². The molecular formula is C33H52O12. The van der Waals surface area contributed by atoms with Crippen LogP contribution in [0, 0.1) is 34.0 Å². The maximum atomic E-state index is 14.0. The van der Waals surface area contributed by atoms with Crippen LogP contribution in [0.5, 0.6) is 0 Å². The minimum absolute atomic E-state index is 0.0174. The van der Waals surface area contributed by atoms with Crippen LogP contribution in [0.2, 0.25) is 0 Å². The van der Waals surface area contributed by atoms with Gasteiger partial charge in [0, 0.05) is 12.5 Å². The summed E-state index contributed by atoms with van der Waals surface area (Å²) < 4.78 is 18.0. The Kier molecular flexibility index (Phi) is 8.80. The van der Waals surface area contributed by atoms with Crippen molar-refractivity contribution < 1.29 is 59.9 Å². The maximum absolute atomic E-state index is 14.0. The Morgan fingerprint density at radius 2 is 1.56 bits per heavy atom. The normalized spacial score (nSPS) is 54.7. The predicted octanol–water partition coefficient (Wildman–Crippen LogP) is -0.0987. The summed E-state index contributed by atoms with van der Waals surface area (Å²) in [5.74, 6) is -0.861. The van der Waals surface area contributed by atoms with Crippen molar-refractivity contribution in [3.8, 4) is 0 Å². The first-order valence-electron chi connectivity index (χ1n) is 16.7. The standard InChI is InChI=1S/C33H52O12/c1-16-12-32-9-5-20-30(2,7-4-8-31(20,3)29(42)44-28-27(41)26(40)24(38)19(14-35)43-28)21(32)6-10-33(16,15-32)45-18-11-17(13-34)22(36)25(39)23(18)37/h17-28,34-41H,1,4-15H2,2-3H3/t17-,18-,19-,20+,21+,22-,23+,24-,25+,26+,27-,28+,30-,31-,32-,33+/m1/s1. The number of rotatable bonds is 6. The van der Waals surface area contributed by atoms with Crippen molar-refractivity contribution in [2.24, 2.45) is 34.0 Å². The van der Waals surface area contributed by atoms with E-state index in [9.17, 15) is 45.6 Å². The van der Waals surface area contributed by atoms with E-state index in [1.54, 1.807) is 0 Å². The van der Waals surface area contributed by atoms with Gasteiger partial charge in [-0.3, -0.25) is 4.79 Å². The molecule has 0 unspecified atom stereocenters. The van der Waals surface area contributed by atoms with Gasteiger partial charge in [-0.25, -0.2) is 0 Å². The predicted molar refractivity (Wildman–Crippen MR) is 157 cm³/mol. The molecule has 16 atom stereocenters. The molecule has 256 valence electrons. The molecule has 12 heteroatoms. The molecule has 8 N–H and O–H groups in total. The first-order chi connectivity index (χ1) is 21.2. The minimum atomic E-state index is -1.66. The Balaban J connectivity index is 1.20. The molecule has 1 heterocycles. The van der Waals surface area contributed by atoms with Crippen molar-refractivity contribution >= 4 is 5.97 Å². The summed E-state index contributed by atoms with van der Waals surface area (Å²) >= 11 is 0. The number of aliphatic hydroxyl groups excluding tert-OH is 8. The van der Waals surface area contributed by atoms with Gasteiger partial charge in [-0.2, -0.15) is 0 Å². The lowest BCUT2D eigenvalue weighted by Crippen LogP contribution is -2.62. The summed E-state index contributed by atoms with van der Waals surface area (Å²) in [6.45, 7) is 7.74. The van der Waals surface area contributed by atoms with Crippen LogP contribution >= 0.6 is 0 Å². The lowest BCUT2D eigenvalue weighted by Gasteiger charge is -2.64. The number of ether oxygens (including phenoxy) is 3. The summed E-state index contributed by atoms with van der Waals surface area (Å²) in [6.07, 6.45) is -4.97. The molecule has 0 amide bonds. The van der Waals surface area contributed by atoms with Crippen LogP contribution in [0.3, 0.4) is 0 Å². The van der Waals surface area contributed by atoms with E-state index in [0.29, 0.717) is 12.8 Å². The third-order valence-corrected chi connectivity index (χ3v) is 13.4. The van der Waals surface area contributed by atoms with E-state index in [2.05, 4.69) is 13.5 Å². The van der Waals surface area contributed by atoms with Gasteiger partial charge in [-0.15, -0.1) is 0 Å². The average Bonchev–Trinajstić information content (AvgIpc) is 3.20. The largest absolute Gasteiger partial charge is 0.432 e. The fraction of sp³-hybridized carbons (Fsp3) is 0.909. The molecule has 0 aromatic carbocycles. The highest BCUT2D eigenvalue weighted by Gasteiger charge is 2.69. The first kappa shape index (κ1) is 33.7. The Morgan fingerprint density at radius 3 is 2.24 bits per heavy atom. The second-order valence-electron chi connectivity index (χ2n) is 15.7. The van der Waals surface area contributed by atoms with Gasteiger partial charge in [-0.1, -0.05) is 19.9 Å². The smallest absolute Gasteiger partial charge is 0.314 e. The highest BCUT2D eigenvalue weighted by Crippen LogP contribution is 2.73. The Morgan fingerprint density at radius 1 is 0.867 bits per heavy atom. The molecule has 1 aliphatic heterocycles. The molecule has 0 radical (unpaired) electrons. The summed E-state index contributed by atoms with van der Waals surface area (Å²) in [5.41, 5.74) is -0.887. The molecule has 0 aromatic rings. The number of aliphatic hydroxyl groups is 8. The number of hydrogen-bond acceptors (Lipinski definition) is 12. The van der Waals surface area contributed by atoms with Crippen LogP contribution in [-0.4, -0.2) is 121 Å². The van der Waals surface area contributed by atoms with Gasteiger partial charge in [0.2, 0.25) is 6.29 Å². The molecule has 5 aliphatic carbocycles. The van der Waals surface area contributed by atoms with Crippen LogP contribution in [0.25, 0.3) is 0 Å². The van der Waals surface area contributed by atoms with E-state index in [-0.39, 0.29) is 35.7 Å². The van der Waals surface area contributed by atoms with Crippen molar-refractivity contribution in [2.75, 3.05) is 13.2 Å². The molecule has 5 saturated carbocycles. The van der Waals surface area contributed by atoms with E-state index >= 15 is 0 Å². The third kappa shape index (κ3) is 5.05. The van der Waals surface area contributed by atoms with Crippen molar-refractivity contribution in [1.82, 2.24) is 0 Å². The van der Waals surface area contributed by atoms with E-state index in [1.165, 1.54) is 0 Å². The maximum Gasteiger partial charge on any atom is 0.314 e. The van der Waals surface area contributed by atoms with E-state index in [4.69, 9.17) is 14.2 Å². The summed E-state index contributed by atoms with van der Waals surface area (Å²) in [4.78, 5) is 14.0. The van der Waals surface area contributed by atoms with E-state index in [0.717, 1.165) is 50.5 Å². The van der Waals surface area contributed by atoms with Gasteiger partial charge in [0.25, 0.3) is 0 Å². The Bertz CT molecular complexity index is 1150. The van der Waals surface area contributed by atoms with Gasteiger partial charge in [0.15, 0.2) is 0 Å². The molecule has 6 rings (SSSR count). The van der Waals surface area contributed by atoms with E-state index in [1.807, 2.05) is 6.92 Å². The summed E-state index contributed by atoms with van der Waals surface area (Å²) in [6, 6.07) is 0. The fourth-order valence-electron chi connectivity index (χ4n) is 11.0.